The summed E-state index contributed by atoms with van der Waals surface area (Å²) < 4.78 is 5.35. The van der Waals surface area contributed by atoms with Crippen LogP contribution in [0.4, 0.5) is 0 Å². The molecule has 17 heavy (non-hydrogen) atoms. The van der Waals surface area contributed by atoms with E-state index < -0.39 is 0 Å². The minimum atomic E-state index is 0.310. The van der Waals surface area contributed by atoms with Gasteiger partial charge in [0.25, 0.3) is 0 Å². The molecule has 0 aliphatic heterocycles. The zero-order valence-electron chi connectivity index (χ0n) is 11.8. The molecule has 1 nitrogen and oxygen atoms in total. The fourth-order valence-electron chi connectivity index (χ4n) is 3.25. The zero-order valence-corrected chi connectivity index (χ0v) is 11.8. The average molecular weight is 232 g/mol. The van der Waals surface area contributed by atoms with Crippen molar-refractivity contribution in [2.75, 3.05) is 7.11 Å². The van der Waals surface area contributed by atoms with Gasteiger partial charge in [0.2, 0.25) is 0 Å². The first-order valence-electron chi connectivity index (χ1n) is 6.56. The number of hydrogen-bond acceptors (Lipinski definition) is 1. The first-order valence-corrected chi connectivity index (χ1v) is 6.56. The van der Waals surface area contributed by atoms with Crippen LogP contribution < -0.4 is 4.74 Å². The zero-order chi connectivity index (χ0) is 12.7. The lowest BCUT2D eigenvalue weighted by Crippen LogP contribution is -2.34. The summed E-state index contributed by atoms with van der Waals surface area (Å²) in [6.45, 7) is 9.36. The average Bonchev–Trinajstić information content (AvgIpc) is 2.54. The molecule has 1 aliphatic rings. The lowest BCUT2D eigenvalue weighted by atomic mass is 9.65. The highest BCUT2D eigenvalue weighted by Crippen LogP contribution is 2.54. The van der Waals surface area contributed by atoms with Crippen molar-refractivity contribution in [2.45, 2.75) is 52.4 Å². The first kappa shape index (κ1) is 12.5. The Labute approximate surface area is 105 Å². The van der Waals surface area contributed by atoms with Crippen LogP contribution in [0.5, 0.6) is 5.75 Å². The van der Waals surface area contributed by atoms with Crippen molar-refractivity contribution in [3.05, 3.63) is 29.3 Å². The van der Waals surface area contributed by atoms with Crippen molar-refractivity contribution in [2.24, 2.45) is 5.41 Å². The highest BCUT2D eigenvalue weighted by molar-refractivity contribution is 5.40. The van der Waals surface area contributed by atoms with Gasteiger partial charge in [0.05, 0.1) is 7.11 Å². The van der Waals surface area contributed by atoms with Crippen molar-refractivity contribution < 1.29 is 4.74 Å². The van der Waals surface area contributed by atoms with E-state index in [1.165, 1.54) is 30.4 Å². The number of benzene rings is 1. The molecule has 1 heteroatoms. The molecule has 0 unspecified atom stereocenters. The molecule has 0 radical (unpaired) electrons. The van der Waals surface area contributed by atoms with E-state index in [0.29, 0.717) is 10.8 Å². The van der Waals surface area contributed by atoms with E-state index in [0.717, 1.165) is 5.75 Å². The van der Waals surface area contributed by atoms with Gasteiger partial charge in [-0.15, -0.1) is 0 Å². The molecule has 0 heterocycles. The molecule has 0 aromatic heterocycles. The fourth-order valence-corrected chi connectivity index (χ4v) is 3.25. The molecule has 0 bridgehead atoms. The summed E-state index contributed by atoms with van der Waals surface area (Å²) in [5.74, 6) is 0.994. The van der Waals surface area contributed by atoms with E-state index in [9.17, 15) is 0 Å². The quantitative estimate of drug-likeness (QED) is 0.731. The third-order valence-electron chi connectivity index (χ3n) is 5.00. The van der Waals surface area contributed by atoms with Crippen molar-refractivity contribution in [3.8, 4) is 5.75 Å². The molecule has 1 saturated carbocycles. The van der Waals surface area contributed by atoms with E-state index in [1.807, 2.05) is 0 Å². The molecule has 2 rings (SSSR count). The molecule has 94 valence electrons. The van der Waals surface area contributed by atoms with Crippen molar-refractivity contribution in [3.63, 3.8) is 0 Å². The summed E-state index contributed by atoms with van der Waals surface area (Å²) in [6, 6.07) is 6.68. The second-order valence-electron chi connectivity index (χ2n) is 6.25. The molecule has 1 atom stereocenters. The van der Waals surface area contributed by atoms with Gasteiger partial charge in [-0.05, 0) is 47.8 Å². The Hall–Kier alpha value is -0.980. The van der Waals surface area contributed by atoms with E-state index in [1.54, 1.807) is 7.11 Å². The Bertz CT molecular complexity index is 420. The molecule has 0 amide bonds. The summed E-state index contributed by atoms with van der Waals surface area (Å²) in [5, 5.41) is 0. The summed E-state index contributed by atoms with van der Waals surface area (Å²) in [4.78, 5) is 0. The predicted molar refractivity (Wildman–Crippen MR) is 72.7 cm³/mol. The van der Waals surface area contributed by atoms with Gasteiger partial charge in [-0.25, -0.2) is 0 Å². The molecule has 1 aromatic carbocycles. The van der Waals surface area contributed by atoms with Crippen LogP contribution in [0.25, 0.3) is 0 Å². The van der Waals surface area contributed by atoms with Crippen LogP contribution in [0, 0.1) is 12.3 Å². The maximum Gasteiger partial charge on any atom is 0.121 e. The summed E-state index contributed by atoms with van der Waals surface area (Å²) >= 11 is 0. The standard InChI is InChI=1S/C16H24O/c1-12-11-13(7-8-14(12)17-5)16(4)10-6-9-15(16,2)3/h7-8,11H,6,9-10H2,1-5H3/t16-/m0/s1. The summed E-state index contributed by atoms with van der Waals surface area (Å²) in [5.41, 5.74) is 3.42. The van der Waals surface area contributed by atoms with E-state index >= 15 is 0 Å². The van der Waals surface area contributed by atoms with Gasteiger partial charge >= 0.3 is 0 Å². The monoisotopic (exact) mass is 232 g/mol. The number of ether oxygens (including phenoxy) is 1. The molecule has 0 saturated heterocycles. The van der Waals surface area contributed by atoms with Crippen molar-refractivity contribution in [1.82, 2.24) is 0 Å². The Kier molecular flexibility index (Phi) is 2.97. The molecule has 0 N–H and O–H groups in total. The maximum absolute atomic E-state index is 5.35. The first-order chi connectivity index (χ1) is 7.90. The Morgan fingerprint density at radius 2 is 1.82 bits per heavy atom. The van der Waals surface area contributed by atoms with Gasteiger partial charge in [0.15, 0.2) is 0 Å². The van der Waals surface area contributed by atoms with Gasteiger partial charge in [-0.2, -0.15) is 0 Å². The normalized spacial score (nSPS) is 27.1. The molecule has 1 aliphatic carbocycles. The minimum absolute atomic E-state index is 0.310. The van der Waals surface area contributed by atoms with Crippen LogP contribution in [0.3, 0.4) is 0 Å². The lowest BCUT2D eigenvalue weighted by Gasteiger charge is -2.39. The third kappa shape index (κ3) is 1.86. The minimum Gasteiger partial charge on any atom is -0.496 e. The second-order valence-corrected chi connectivity index (χ2v) is 6.25. The van der Waals surface area contributed by atoms with Gasteiger partial charge in [0, 0.05) is 0 Å². The van der Waals surface area contributed by atoms with Crippen molar-refractivity contribution >= 4 is 0 Å². The van der Waals surface area contributed by atoms with Crippen molar-refractivity contribution in [1.29, 1.82) is 0 Å². The van der Waals surface area contributed by atoms with Gasteiger partial charge < -0.3 is 4.74 Å². The number of methoxy groups -OCH3 is 1. The molecule has 1 fully saturated rings. The van der Waals surface area contributed by atoms with Crippen LogP contribution in [0.1, 0.15) is 51.2 Å². The Morgan fingerprint density at radius 3 is 2.29 bits per heavy atom. The molecular formula is C16H24O. The van der Waals surface area contributed by atoms with Crippen LogP contribution in [0.2, 0.25) is 0 Å². The number of rotatable bonds is 2. The SMILES string of the molecule is COc1ccc([C@]2(C)CCCC2(C)C)cc1C. The molecule has 0 spiro atoms. The summed E-state index contributed by atoms with van der Waals surface area (Å²) in [6.07, 6.45) is 3.97. The van der Waals surface area contributed by atoms with Crippen LogP contribution in [0.15, 0.2) is 18.2 Å². The fraction of sp³-hybridized carbons (Fsp3) is 0.625. The van der Waals surface area contributed by atoms with E-state index in [2.05, 4.69) is 45.9 Å². The van der Waals surface area contributed by atoms with Gasteiger partial charge in [-0.3, -0.25) is 0 Å². The van der Waals surface area contributed by atoms with E-state index in [4.69, 9.17) is 4.74 Å². The third-order valence-corrected chi connectivity index (χ3v) is 5.00. The predicted octanol–water partition coefficient (Wildman–Crippen LogP) is 4.47. The molecule has 1 aromatic rings. The number of aryl methyl sites for hydroxylation is 1. The maximum atomic E-state index is 5.35. The lowest BCUT2D eigenvalue weighted by molar-refractivity contribution is 0.224. The smallest absolute Gasteiger partial charge is 0.121 e. The van der Waals surface area contributed by atoms with Crippen LogP contribution in [-0.4, -0.2) is 7.11 Å². The van der Waals surface area contributed by atoms with Crippen LogP contribution in [-0.2, 0) is 5.41 Å². The van der Waals surface area contributed by atoms with Gasteiger partial charge in [-0.1, -0.05) is 39.3 Å². The highest BCUT2D eigenvalue weighted by Gasteiger charge is 2.46. The Balaban J connectivity index is 2.44. The molecular weight excluding hydrogens is 208 g/mol. The largest absolute Gasteiger partial charge is 0.496 e. The summed E-state index contributed by atoms with van der Waals surface area (Å²) in [7, 11) is 1.74. The van der Waals surface area contributed by atoms with Gasteiger partial charge in [0.1, 0.15) is 5.75 Å². The second kappa shape index (κ2) is 4.04. The topological polar surface area (TPSA) is 9.23 Å². The highest BCUT2D eigenvalue weighted by atomic mass is 16.5. The van der Waals surface area contributed by atoms with Crippen LogP contribution >= 0.6 is 0 Å². The number of hydrogen-bond donors (Lipinski definition) is 0. The Morgan fingerprint density at radius 1 is 1.12 bits per heavy atom. The van der Waals surface area contributed by atoms with E-state index in [-0.39, 0.29) is 0 Å².